The molecule has 0 aliphatic heterocycles. The standard InChI is InChI=1S/C18H20N2O4/c1-11-5-4-6-13(12(11)2)17-15(24-3)8-7-14(20-17)18(23)19-10-9-16(21)22/h4-8H,9-10H2,1-3H3,(H,19,23)(H,21,22). The van der Waals surface area contributed by atoms with Crippen LogP contribution >= 0.6 is 0 Å². The molecule has 0 atom stereocenters. The van der Waals surface area contributed by atoms with Gasteiger partial charge in [-0.05, 0) is 37.1 Å². The smallest absolute Gasteiger partial charge is 0.305 e. The van der Waals surface area contributed by atoms with Crippen LogP contribution in [0.15, 0.2) is 30.3 Å². The van der Waals surface area contributed by atoms with E-state index in [0.717, 1.165) is 16.7 Å². The Morgan fingerprint density at radius 2 is 1.96 bits per heavy atom. The van der Waals surface area contributed by atoms with E-state index in [2.05, 4.69) is 10.3 Å². The van der Waals surface area contributed by atoms with E-state index in [-0.39, 0.29) is 18.7 Å². The van der Waals surface area contributed by atoms with Gasteiger partial charge in [0.25, 0.3) is 5.91 Å². The lowest BCUT2D eigenvalue weighted by atomic mass is 10.00. The minimum Gasteiger partial charge on any atom is -0.494 e. The number of carbonyl (C=O) groups is 2. The number of ether oxygens (including phenoxy) is 1. The van der Waals surface area contributed by atoms with E-state index < -0.39 is 11.9 Å². The number of aliphatic carboxylic acids is 1. The van der Waals surface area contributed by atoms with Crippen LogP contribution < -0.4 is 10.1 Å². The fourth-order valence-corrected chi connectivity index (χ4v) is 2.31. The summed E-state index contributed by atoms with van der Waals surface area (Å²) in [6.45, 7) is 4.06. The Labute approximate surface area is 140 Å². The SMILES string of the molecule is COc1ccc(C(=O)NCCC(=O)O)nc1-c1cccc(C)c1C. The van der Waals surface area contributed by atoms with Crippen LogP contribution in [0.25, 0.3) is 11.3 Å². The third kappa shape index (κ3) is 3.90. The van der Waals surface area contributed by atoms with Crippen LogP contribution in [0.3, 0.4) is 0 Å². The van der Waals surface area contributed by atoms with E-state index in [9.17, 15) is 9.59 Å². The molecular weight excluding hydrogens is 308 g/mol. The summed E-state index contributed by atoms with van der Waals surface area (Å²) in [7, 11) is 1.55. The maximum Gasteiger partial charge on any atom is 0.305 e. The molecule has 0 bridgehead atoms. The van der Waals surface area contributed by atoms with Gasteiger partial charge in [-0.15, -0.1) is 0 Å². The van der Waals surface area contributed by atoms with Gasteiger partial charge in [0.2, 0.25) is 0 Å². The fourth-order valence-electron chi connectivity index (χ4n) is 2.31. The zero-order valence-corrected chi connectivity index (χ0v) is 13.9. The summed E-state index contributed by atoms with van der Waals surface area (Å²) < 4.78 is 5.37. The Balaban J connectivity index is 2.36. The van der Waals surface area contributed by atoms with E-state index in [0.29, 0.717) is 11.4 Å². The molecule has 2 rings (SSSR count). The van der Waals surface area contributed by atoms with Gasteiger partial charge in [-0.1, -0.05) is 18.2 Å². The average molecular weight is 328 g/mol. The van der Waals surface area contributed by atoms with Gasteiger partial charge in [0.05, 0.1) is 13.5 Å². The Kier molecular flexibility index (Phi) is 5.52. The minimum atomic E-state index is -0.964. The molecule has 2 N–H and O–H groups in total. The van der Waals surface area contributed by atoms with E-state index in [4.69, 9.17) is 9.84 Å². The van der Waals surface area contributed by atoms with Crippen molar-refractivity contribution in [2.45, 2.75) is 20.3 Å². The molecule has 6 nitrogen and oxygen atoms in total. The minimum absolute atomic E-state index is 0.0562. The van der Waals surface area contributed by atoms with Gasteiger partial charge >= 0.3 is 5.97 Å². The van der Waals surface area contributed by atoms with Crippen LogP contribution in [-0.2, 0) is 4.79 Å². The highest BCUT2D eigenvalue weighted by atomic mass is 16.5. The third-order valence-electron chi connectivity index (χ3n) is 3.79. The lowest BCUT2D eigenvalue weighted by Gasteiger charge is -2.13. The van der Waals surface area contributed by atoms with E-state index in [1.54, 1.807) is 19.2 Å². The van der Waals surface area contributed by atoms with Gasteiger partial charge in [-0.3, -0.25) is 9.59 Å². The summed E-state index contributed by atoms with van der Waals surface area (Å²) in [5.74, 6) is -0.801. The largest absolute Gasteiger partial charge is 0.494 e. The molecule has 1 aromatic heterocycles. The molecule has 0 saturated heterocycles. The Morgan fingerprint density at radius 3 is 2.62 bits per heavy atom. The maximum absolute atomic E-state index is 12.2. The second-order valence-electron chi connectivity index (χ2n) is 5.39. The molecule has 0 aliphatic carbocycles. The fraction of sp³-hybridized carbons (Fsp3) is 0.278. The summed E-state index contributed by atoms with van der Waals surface area (Å²) in [5, 5.41) is 11.2. The molecule has 1 aromatic carbocycles. The molecule has 0 saturated carbocycles. The molecule has 1 heterocycles. The van der Waals surface area contributed by atoms with Crippen molar-refractivity contribution in [3.63, 3.8) is 0 Å². The van der Waals surface area contributed by atoms with Gasteiger partial charge in [-0.25, -0.2) is 4.98 Å². The Morgan fingerprint density at radius 1 is 1.21 bits per heavy atom. The second-order valence-corrected chi connectivity index (χ2v) is 5.39. The number of carboxylic acid groups (broad SMARTS) is 1. The molecule has 0 unspecified atom stereocenters. The van der Waals surface area contributed by atoms with Crippen molar-refractivity contribution in [2.75, 3.05) is 13.7 Å². The molecule has 0 fully saturated rings. The number of nitrogens with one attached hydrogen (secondary N) is 1. The van der Waals surface area contributed by atoms with Gasteiger partial charge in [0.15, 0.2) is 0 Å². The number of pyridine rings is 1. The molecular formula is C18H20N2O4. The third-order valence-corrected chi connectivity index (χ3v) is 3.79. The molecule has 126 valence electrons. The number of nitrogens with zero attached hydrogens (tertiary/aromatic N) is 1. The molecule has 0 radical (unpaired) electrons. The normalized spacial score (nSPS) is 10.3. The first-order valence-electron chi connectivity index (χ1n) is 7.55. The van der Waals surface area contributed by atoms with Crippen molar-refractivity contribution in [3.05, 3.63) is 47.2 Å². The first-order chi connectivity index (χ1) is 11.4. The van der Waals surface area contributed by atoms with Crippen LogP contribution in [0.4, 0.5) is 0 Å². The second kappa shape index (κ2) is 7.59. The topological polar surface area (TPSA) is 88.5 Å². The van der Waals surface area contributed by atoms with Crippen molar-refractivity contribution in [1.29, 1.82) is 0 Å². The predicted octanol–water partition coefficient (Wildman–Crippen LogP) is 2.58. The zero-order chi connectivity index (χ0) is 17.7. The van der Waals surface area contributed by atoms with Crippen LogP contribution in [0.1, 0.15) is 28.0 Å². The Bertz CT molecular complexity index is 772. The highest BCUT2D eigenvalue weighted by Crippen LogP contribution is 2.31. The molecule has 0 aliphatic rings. The van der Waals surface area contributed by atoms with Crippen LogP contribution in [0, 0.1) is 13.8 Å². The summed E-state index contributed by atoms with van der Waals surface area (Å²) in [6, 6.07) is 9.12. The lowest BCUT2D eigenvalue weighted by molar-refractivity contribution is -0.136. The molecule has 0 spiro atoms. The van der Waals surface area contributed by atoms with Crippen molar-refractivity contribution >= 4 is 11.9 Å². The number of rotatable bonds is 6. The predicted molar refractivity (Wildman–Crippen MR) is 90.3 cm³/mol. The summed E-state index contributed by atoms with van der Waals surface area (Å²) in [4.78, 5) is 27.1. The molecule has 24 heavy (non-hydrogen) atoms. The Hall–Kier alpha value is -2.89. The number of hydrogen-bond acceptors (Lipinski definition) is 4. The van der Waals surface area contributed by atoms with Gasteiger partial charge in [0.1, 0.15) is 17.1 Å². The van der Waals surface area contributed by atoms with Crippen molar-refractivity contribution < 1.29 is 19.4 Å². The first-order valence-corrected chi connectivity index (χ1v) is 7.55. The number of carbonyl (C=O) groups excluding carboxylic acids is 1. The number of amides is 1. The highest BCUT2D eigenvalue weighted by molar-refractivity contribution is 5.93. The first kappa shape index (κ1) is 17.5. The number of carboxylic acids is 1. The van der Waals surface area contributed by atoms with Crippen molar-refractivity contribution in [3.8, 4) is 17.0 Å². The molecule has 2 aromatic rings. The van der Waals surface area contributed by atoms with Gasteiger partial charge < -0.3 is 15.2 Å². The summed E-state index contributed by atoms with van der Waals surface area (Å²) in [5.41, 5.74) is 3.88. The zero-order valence-electron chi connectivity index (χ0n) is 13.9. The van der Waals surface area contributed by atoms with Crippen molar-refractivity contribution in [2.24, 2.45) is 0 Å². The number of hydrogen-bond donors (Lipinski definition) is 2. The number of methoxy groups -OCH3 is 1. The van der Waals surface area contributed by atoms with E-state index in [1.807, 2.05) is 32.0 Å². The van der Waals surface area contributed by atoms with E-state index in [1.165, 1.54) is 0 Å². The summed E-state index contributed by atoms with van der Waals surface area (Å²) >= 11 is 0. The average Bonchev–Trinajstić information content (AvgIpc) is 2.56. The van der Waals surface area contributed by atoms with Crippen LogP contribution in [0.5, 0.6) is 5.75 Å². The number of benzene rings is 1. The van der Waals surface area contributed by atoms with Gasteiger partial charge in [0, 0.05) is 12.1 Å². The monoisotopic (exact) mass is 328 g/mol. The lowest BCUT2D eigenvalue weighted by Crippen LogP contribution is -2.26. The highest BCUT2D eigenvalue weighted by Gasteiger charge is 2.15. The molecule has 1 amide bonds. The van der Waals surface area contributed by atoms with Crippen LogP contribution in [0.2, 0.25) is 0 Å². The van der Waals surface area contributed by atoms with E-state index >= 15 is 0 Å². The van der Waals surface area contributed by atoms with Gasteiger partial charge in [-0.2, -0.15) is 0 Å². The maximum atomic E-state index is 12.2. The van der Waals surface area contributed by atoms with Crippen molar-refractivity contribution in [1.82, 2.24) is 10.3 Å². The number of aryl methyl sites for hydroxylation is 1. The summed E-state index contributed by atoms with van der Waals surface area (Å²) in [6.07, 6.45) is -0.133. The quantitative estimate of drug-likeness (QED) is 0.851. The van der Waals surface area contributed by atoms with Crippen LogP contribution in [-0.4, -0.2) is 35.6 Å². The number of aromatic nitrogens is 1. The molecule has 6 heteroatoms.